The van der Waals surface area contributed by atoms with Crippen LogP contribution in [-0.4, -0.2) is 36.0 Å². The van der Waals surface area contributed by atoms with Crippen LogP contribution in [0.25, 0.3) is 0 Å². The number of hydrogen-bond acceptors (Lipinski definition) is 4. The number of benzene rings is 1. The van der Waals surface area contributed by atoms with Crippen molar-refractivity contribution < 1.29 is 22.7 Å². The van der Waals surface area contributed by atoms with Crippen LogP contribution in [0.4, 0.5) is 4.39 Å². The zero-order chi connectivity index (χ0) is 16.5. The van der Waals surface area contributed by atoms with Crippen LogP contribution in [-0.2, 0) is 14.6 Å². The lowest BCUT2D eigenvalue weighted by Gasteiger charge is -2.24. The number of amides is 1. The summed E-state index contributed by atoms with van der Waals surface area (Å²) >= 11 is 0. The Morgan fingerprint density at radius 3 is 2.41 bits per heavy atom. The summed E-state index contributed by atoms with van der Waals surface area (Å²) < 4.78 is 35.8. The minimum Gasteiger partial charge on any atom is -0.387 e. The number of sulfone groups is 1. The molecule has 0 heterocycles. The Morgan fingerprint density at radius 2 is 1.91 bits per heavy atom. The molecule has 0 radical (unpaired) electrons. The first-order valence-electron chi connectivity index (χ1n) is 7.11. The van der Waals surface area contributed by atoms with E-state index in [-0.39, 0.29) is 6.54 Å². The number of hydrogen-bond donors (Lipinski definition) is 2. The van der Waals surface area contributed by atoms with Crippen LogP contribution in [0.3, 0.4) is 0 Å². The highest BCUT2D eigenvalue weighted by Crippen LogP contribution is 2.36. The van der Waals surface area contributed by atoms with Crippen LogP contribution in [0.15, 0.2) is 24.3 Å². The van der Waals surface area contributed by atoms with E-state index in [2.05, 4.69) is 5.32 Å². The molecular formula is C15H20FNO4S. The molecule has 2 N–H and O–H groups in total. The molecule has 1 aliphatic rings. The molecule has 0 saturated heterocycles. The lowest BCUT2D eigenvalue weighted by Crippen LogP contribution is -2.50. The van der Waals surface area contributed by atoms with Gasteiger partial charge in [0.05, 0.1) is 11.4 Å². The van der Waals surface area contributed by atoms with Gasteiger partial charge in [0.1, 0.15) is 10.6 Å². The first-order valence-corrected chi connectivity index (χ1v) is 8.66. The number of carbonyl (C=O) groups is 1. The quantitative estimate of drug-likeness (QED) is 0.825. The fourth-order valence-electron chi connectivity index (χ4n) is 2.13. The monoisotopic (exact) mass is 329 g/mol. The van der Waals surface area contributed by atoms with Gasteiger partial charge in [-0.15, -0.1) is 0 Å². The average Bonchev–Trinajstić information content (AvgIpc) is 3.29. The number of aliphatic hydroxyl groups is 1. The van der Waals surface area contributed by atoms with Crippen molar-refractivity contribution in [3.05, 3.63) is 35.6 Å². The predicted octanol–water partition coefficient (Wildman–Crippen LogP) is 1.33. The molecule has 5 nitrogen and oxygen atoms in total. The highest BCUT2D eigenvalue weighted by Gasteiger charge is 2.50. The van der Waals surface area contributed by atoms with Gasteiger partial charge in [-0.25, -0.2) is 12.8 Å². The second kappa shape index (κ2) is 5.96. The summed E-state index contributed by atoms with van der Waals surface area (Å²) in [6.07, 6.45) is 0.165. The fraction of sp³-hybridized carbons (Fsp3) is 0.533. The van der Waals surface area contributed by atoms with Gasteiger partial charge in [-0.2, -0.15) is 0 Å². The first-order chi connectivity index (χ1) is 10.2. The van der Waals surface area contributed by atoms with Crippen molar-refractivity contribution >= 4 is 15.7 Å². The van der Waals surface area contributed by atoms with E-state index in [9.17, 15) is 22.7 Å². The zero-order valence-electron chi connectivity index (χ0n) is 12.5. The molecule has 1 fully saturated rings. The number of aliphatic hydroxyl groups excluding tert-OH is 1. The molecule has 0 unspecified atom stereocenters. The van der Waals surface area contributed by atoms with Crippen LogP contribution in [0.1, 0.15) is 38.4 Å². The van der Waals surface area contributed by atoms with E-state index in [0.29, 0.717) is 18.4 Å². The van der Waals surface area contributed by atoms with Crippen LogP contribution in [0, 0.1) is 5.82 Å². The third kappa shape index (κ3) is 3.30. The highest BCUT2D eigenvalue weighted by atomic mass is 32.2. The van der Waals surface area contributed by atoms with Crippen molar-refractivity contribution in [3.8, 4) is 0 Å². The summed E-state index contributed by atoms with van der Waals surface area (Å²) in [5.74, 6) is -1.06. The van der Waals surface area contributed by atoms with Gasteiger partial charge in [0.2, 0.25) is 5.91 Å². The van der Waals surface area contributed by atoms with Crippen molar-refractivity contribution in [3.63, 3.8) is 0 Å². The van der Waals surface area contributed by atoms with Gasteiger partial charge in [0.15, 0.2) is 9.84 Å². The summed E-state index contributed by atoms with van der Waals surface area (Å²) in [4.78, 5) is 12.2. The van der Waals surface area contributed by atoms with E-state index in [1.165, 1.54) is 38.1 Å². The third-order valence-corrected chi connectivity index (χ3v) is 6.89. The van der Waals surface area contributed by atoms with Crippen molar-refractivity contribution in [1.29, 1.82) is 0 Å². The second-order valence-corrected chi connectivity index (χ2v) is 8.81. The fourth-order valence-corrected chi connectivity index (χ4v) is 4.05. The number of carbonyl (C=O) groups excluding carboxylic acids is 1. The number of rotatable bonds is 6. The first kappa shape index (κ1) is 16.9. The van der Waals surface area contributed by atoms with Gasteiger partial charge in [-0.1, -0.05) is 12.1 Å². The largest absolute Gasteiger partial charge is 0.387 e. The van der Waals surface area contributed by atoms with Gasteiger partial charge in [-0.05, 0) is 44.4 Å². The Balaban J connectivity index is 1.98. The lowest BCUT2D eigenvalue weighted by molar-refractivity contribution is -0.123. The Bertz CT molecular complexity index is 651. The Hall–Kier alpha value is -1.47. The Kier molecular flexibility index (Phi) is 4.58. The maximum atomic E-state index is 12.8. The van der Waals surface area contributed by atoms with Crippen molar-refractivity contribution in [1.82, 2.24) is 5.32 Å². The van der Waals surface area contributed by atoms with Crippen molar-refractivity contribution in [2.45, 2.75) is 42.8 Å². The van der Waals surface area contributed by atoms with Gasteiger partial charge < -0.3 is 10.4 Å². The van der Waals surface area contributed by atoms with Crippen LogP contribution in [0.5, 0.6) is 0 Å². The van der Waals surface area contributed by atoms with Crippen LogP contribution in [0.2, 0.25) is 0 Å². The van der Waals surface area contributed by atoms with E-state index in [4.69, 9.17) is 0 Å². The molecule has 122 valence electrons. The molecule has 0 spiro atoms. The highest BCUT2D eigenvalue weighted by molar-refractivity contribution is 7.94. The second-order valence-electron chi connectivity index (χ2n) is 6.03. The van der Waals surface area contributed by atoms with Gasteiger partial charge >= 0.3 is 0 Å². The minimum absolute atomic E-state index is 0.131. The maximum absolute atomic E-state index is 12.8. The molecule has 0 bridgehead atoms. The SMILES string of the molecule is CC(C)(C(=O)NC[C@@H](O)c1ccc(F)cc1)S(=O)(=O)C1CC1. The summed E-state index contributed by atoms with van der Waals surface area (Å²) in [6, 6.07) is 5.25. The van der Waals surface area contributed by atoms with Crippen molar-refractivity contribution in [2.75, 3.05) is 6.54 Å². The molecule has 22 heavy (non-hydrogen) atoms. The van der Waals surface area contributed by atoms with Crippen LogP contribution >= 0.6 is 0 Å². The number of nitrogens with one attached hydrogen (secondary N) is 1. The zero-order valence-corrected chi connectivity index (χ0v) is 13.4. The molecule has 1 aromatic carbocycles. The van der Waals surface area contributed by atoms with Crippen LogP contribution < -0.4 is 5.32 Å². The molecule has 1 saturated carbocycles. The number of halogens is 1. The third-order valence-electron chi connectivity index (χ3n) is 3.93. The summed E-state index contributed by atoms with van der Waals surface area (Å²) in [7, 11) is -3.53. The molecular weight excluding hydrogens is 309 g/mol. The van der Waals surface area contributed by atoms with E-state index in [1.807, 2.05) is 0 Å². The molecule has 0 aliphatic heterocycles. The summed E-state index contributed by atoms with van der Waals surface area (Å²) in [6.45, 7) is 2.62. The molecule has 7 heteroatoms. The predicted molar refractivity (Wildman–Crippen MR) is 80.4 cm³/mol. The standard InChI is InChI=1S/C15H20FNO4S/c1-15(2,22(20,21)12-7-8-12)14(19)17-9-13(18)10-3-5-11(16)6-4-10/h3-6,12-13,18H,7-9H2,1-2H3,(H,17,19)/t13-/m1/s1. The lowest BCUT2D eigenvalue weighted by atomic mass is 10.1. The minimum atomic E-state index is -3.53. The van der Waals surface area contributed by atoms with E-state index in [0.717, 1.165) is 0 Å². The van der Waals surface area contributed by atoms with Crippen molar-refractivity contribution in [2.24, 2.45) is 0 Å². The van der Waals surface area contributed by atoms with Gasteiger partial charge in [0, 0.05) is 6.54 Å². The maximum Gasteiger partial charge on any atom is 0.240 e. The Morgan fingerprint density at radius 1 is 1.36 bits per heavy atom. The molecule has 0 aromatic heterocycles. The van der Waals surface area contributed by atoms with Gasteiger partial charge in [0.25, 0.3) is 0 Å². The van der Waals surface area contributed by atoms with E-state index >= 15 is 0 Å². The topological polar surface area (TPSA) is 83.5 Å². The molecule has 1 aromatic rings. The molecule has 2 rings (SSSR count). The molecule has 1 atom stereocenters. The smallest absolute Gasteiger partial charge is 0.240 e. The van der Waals surface area contributed by atoms with E-state index < -0.39 is 37.7 Å². The molecule has 1 amide bonds. The van der Waals surface area contributed by atoms with E-state index in [1.54, 1.807) is 0 Å². The average molecular weight is 329 g/mol. The van der Waals surface area contributed by atoms with Gasteiger partial charge in [-0.3, -0.25) is 4.79 Å². The normalized spacial score (nSPS) is 17.1. The molecule has 1 aliphatic carbocycles. The summed E-state index contributed by atoms with van der Waals surface area (Å²) in [5.41, 5.74) is 0.449. The Labute approximate surface area is 129 Å². The summed E-state index contributed by atoms with van der Waals surface area (Å²) in [5, 5.41) is 12.0.